The van der Waals surface area contributed by atoms with Crippen molar-refractivity contribution in [1.82, 2.24) is 0 Å². The second-order valence-electron chi connectivity index (χ2n) is 5.31. The molecule has 0 fully saturated rings. The maximum atomic E-state index is 12.3. The summed E-state index contributed by atoms with van der Waals surface area (Å²) < 4.78 is 14.6. The molecule has 2 rings (SSSR count). The number of amides is 1. The fourth-order valence-electron chi connectivity index (χ4n) is 2.32. The summed E-state index contributed by atoms with van der Waals surface area (Å²) in [7, 11) is 4.00. The van der Waals surface area contributed by atoms with E-state index in [2.05, 4.69) is 10.1 Å². The maximum Gasteiger partial charge on any atom is 0.339 e. The van der Waals surface area contributed by atoms with Gasteiger partial charge in [0.1, 0.15) is 5.75 Å². The van der Waals surface area contributed by atoms with Crippen molar-refractivity contribution in [3.05, 3.63) is 65.2 Å². The van der Waals surface area contributed by atoms with Gasteiger partial charge in [-0.3, -0.25) is 4.79 Å². The van der Waals surface area contributed by atoms with E-state index in [0.29, 0.717) is 11.3 Å². The molecule has 1 N–H and O–H groups in total. The molecule has 0 heterocycles. The molecule has 0 saturated carbocycles. The first-order valence-electron chi connectivity index (χ1n) is 7.93. The third-order valence-electron chi connectivity index (χ3n) is 3.66. The van der Waals surface area contributed by atoms with Crippen molar-refractivity contribution >= 4 is 29.6 Å². The Bertz CT molecular complexity index is 888. The number of para-hydroxylation sites is 1. The predicted molar refractivity (Wildman–Crippen MR) is 99.8 cm³/mol. The number of esters is 2. The van der Waals surface area contributed by atoms with Crippen molar-refractivity contribution < 1.29 is 28.6 Å². The average molecular weight is 369 g/mol. The van der Waals surface area contributed by atoms with Crippen LogP contribution in [0.25, 0.3) is 6.08 Å². The average Bonchev–Trinajstić information content (AvgIpc) is 2.71. The van der Waals surface area contributed by atoms with Crippen LogP contribution in [0.2, 0.25) is 0 Å². The second kappa shape index (κ2) is 9.19. The van der Waals surface area contributed by atoms with Crippen LogP contribution in [0, 0.1) is 0 Å². The molecule has 0 bridgehead atoms. The SMILES string of the molecule is COC(=O)c1ccc(C(=O)OC)c(NC(=O)/C=C/c2ccccc2OC)c1. The summed E-state index contributed by atoms with van der Waals surface area (Å²) in [5, 5.41) is 2.58. The summed E-state index contributed by atoms with van der Waals surface area (Å²) in [5.74, 6) is -1.11. The molecule has 2 aromatic carbocycles. The molecule has 0 aromatic heterocycles. The van der Waals surface area contributed by atoms with E-state index < -0.39 is 17.8 Å². The normalized spacial score (nSPS) is 10.3. The van der Waals surface area contributed by atoms with Crippen LogP contribution < -0.4 is 10.1 Å². The number of hydrogen-bond acceptors (Lipinski definition) is 6. The number of nitrogens with one attached hydrogen (secondary N) is 1. The molecule has 0 saturated heterocycles. The lowest BCUT2D eigenvalue weighted by molar-refractivity contribution is -0.111. The molecule has 7 heteroatoms. The molecule has 0 aliphatic carbocycles. The monoisotopic (exact) mass is 369 g/mol. The summed E-state index contributed by atoms with van der Waals surface area (Å²) in [6, 6.07) is 11.3. The van der Waals surface area contributed by atoms with Gasteiger partial charge in [0, 0.05) is 11.6 Å². The molecule has 1 amide bonds. The van der Waals surface area contributed by atoms with Crippen LogP contribution in [0.3, 0.4) is 0 Å². The number of methoxy groups -OCH3 is 3. The minimum Gasteiger partial charge on any atom is -0.496 e. The fourth-order valence-corrected chi connectivity index (χ4v) is 2.32. The number of hydrogen-bond donors (Lipinski definition) is 1. The van der Waals surface area contributed by atoms with Crippen molar-refractivity contribution in [2.75, 3.05) is 26.6 Å². The van der Waals surface area contributed by atoms with Crippen molar-refractivity contribution in [2.24, 2.45) is 0 Å². The van der Waals surface area contributed by atoms with E-state index in [1.54, 1.807) is 18.2 Å². The number of anilines is 1. The highest BCUT2D eigenvalue weighted by Gasteiger charge is 2.16. The summed E-state index contributed by atoms with van der Waals surface area (Å²) in [6.07, 6.45) is 2.87. The lowest BCUT2D eigenvalue weighted by Crippen LogP contribution is -2.14. The first-order valence-corrected chi connectivity index (χ1v) is 7.93. The molecule has 0 aliphatic rings. The highest BCUT2D eigenvalue weighted by molar-refractivity contribution is 6.07. The van der Waals surface area contributed by atoms with Crippen LogP contribution in [-0.4, -0.2) is 39.2 Å². The van der Waals surface area contributed by atoms with Crippen molar-refractivity contribution in [3.63, 3.8) is 0 Å². The summed E-state index contributed by atoms with van der Waals surface area (Å²) >= 11 is 0. The number of benzene rings is 2. The molecule has 27 heavy (non-hydrogen) atoms. The molecule has 140 valence electrons. The van der Waals surface area contributed by atoms with Gasteiger partial charge in [0.2, 0.25) is 5.91 Å². The Kier molecular flexibility index (Phi) is 6.71. The van der Waals surface area contributed by atoms with Crippen LogP contribution in [0.15, 0.2) is 48.5 Å². The van der Waals surface area contributed by atoms with Gasteiger partial charge in [-0.25, -0.2) is 9.59 Å². The second-order valence-corrected chi connectivity index (χ2v) is 5.31. The number of carbonyl (C=O) groups excluding carboxylic acids is 3. The van der Waals surface area contributed by atoms with Crippen LogP contribution in [-0.2, 0) is 14.3 Å². The van der Waals surface area contributed by atoms with Crippen LogP contribution in [0.1, 0.15) is 26.3 Å². The van der Waals surface area contributed by atoms with Crippen LogP contribution in [0.4, 0.5) is 5.69 Å². The van der Waals surface area contributed by atoms with Gasteiger partial charge in [-0.1, -0.05) is 18.2 Å². The summed E-state index contributed by atoms with van der Waals surface area (Å²) in [5.41, 5.74) is 1.16. The Labute approximate surface area is 156 Å². The molecule has 0 radical (unpaired) electrons. The lowest BCUT2D eigenvalue weighted by Gasteiger charge is -2.10. The lowest BCUT2D eigenvalue weighted by atomic mass is 10.1. The Balaban J connectivity index is 2.28. The van der Waals surface area contributed by atoms with Crippen molar-refractivity contribution in [2.45, 2.75) is 0 Å². The largest absolute Gasteiger partial charge is 0.496 e. The van der Waals surface area contributed by atoms with Gasteiger partial charge in [0.15, 0.2) is 0 Å². The zero-order valence-corrected chi connectivity index (χ0v) is 15.1. The Morgan fingerprint density at radius 1 is 0.926 bits per heavy atom. The Morgan fingerprint density at radius 2 is 1.63 bits per heavy atom. The van der Waals surface area contributed by atoms with Crippen LogP contribution in [0.5, 0.6) is 5.75 Å². The summed E-state index contributed by atoms with van der Waals surface area (Å²) in [4.78, 5) is 35.9. The molecule has 7 nitrogen and oxygen atoms in total. The molecule has 0 spiro atoms. The van der Waals surface area contributed by atoms with E-state index in [4.69, 9.17) is 9.47 Å². The van der Waals surface area contributed by atoms with Gasteiger partial charge in [-0.2, -0.15) is 0 Å². The number of ether oxygens (including phenoxy) is 3. The summed E-state index contributed by atoms with van der Waals surface area (Å²) in [6.45, 7) is 0. The molecular formula is C20H19NO6. The molecule has 0 atom stereocenters. The van der Waals surface area contributed by atoms with Gasteiger partial charge in [-0.15, -0.1) is 0 Å². The zero-order chi connectivity index (χ0) is 19.8. The van der Waals surface area contributed by atoms with Gasteiger partial charge in [0.25, 0.3) is 0 Å². The zero-order valence-electron chi connectivity index (χ0n) is 15.1. The molecule has 0 unspecified atom stereocenters. The van der Waals surface area contributed by atoms with Crippen LogP contribution >= 0.6 is 0 Å². The van der Waals surface area contributed by atoms with E-state index in [1.165, 1.54) is 45.6 Å². The maximum absolute atomic E-state index is 12.3. The van der Waals surface area contributed by atoms with Gasteiger partial charge in [0.05, 0.1) is 38.1 Å². The predicted octanol–water partition coefficient (Wildman–Crippen LogP) is 2.92. The highest BCUT2D eigenvalue weighted by atomic mass is 16.5. The first kappa shape index (κ1) is 19.7. The van der Waals surface area contributed by atoms with Crippen molar-refractivity contribution in [3.8, 4) is 5.75 Å². The minimum absolute atomic E-state index is 0.115. The van der Waals surface area contributed by atoms with Crippen molar-refractivity contribution in [1.29, 1.82) is 0 Å². The van der Waals surface area contributed by atoms with E-state index in [0.717, 1.165) is 0 Å². The van der Waals surface area contributed by atoms with E-state index >= 15 is 0 Å². The number of rotatable bonds is 6. The van der Waals surface area contributed by atoms with E-state index in [9.17, 15) is 14.4 Å². The molecular weight excluding hydrogens is 350 g/mol. The van der Waals surface area contributed by atoms with E-state index in [1.807, 2.05) is 12.1 Å². The highest BCUT2D eigenvalue weighted by Crippen LogP contribution is 2.21. The quantitative estimate of drug-likeness (QED) is 0.622. The van der Waals surface area contributed by atoms with E-state index in [-0.39, 0.29) is 16.8 Å². The third kappa shape index (κ3) is 4.94. The Hall–Kier alpha value is -3.61. The Morgan fingerprint density at radius 3 is 2.30 bits per heavy atom. The van der Waals surface area contributed by atoms with Gasteiger partial charge < -0.3 is 19.5 Å². The molecule has 2 aromatic rings. The smallest absolute Gasteiger partial charge is 0.339 e. The minimum atomic E-state index is -0.643. The number of carbonyl (C=O) groups is 3. The van der Waals surface area contributed by atoms with Gasteiger partial charge >= 0.3 is 11.9 Å². The van der Waals surface area contributed by atoms with Gasteiger partial charge in [-0.05, 0) is 30.3 Å². The molecule has 0 aliphatic heterocycles. The topological polar surface area (TPSA) is 90.9 Å². The first-order chi connectivity index (χ1) is 13.0. The third-order valence-corrected chi connectivity index (χ3v) is 3.66. The fraction of sp³-hybridized carbons (Fsp3) is 0.150. The standard InChI is InChI=1S/C20H19NO6/c1-25-17-7-5-4-6-13(17)9-11-18(22)21-16-12-14(19(23)26-2)8-10-15(16)20(24)27-3/h4-12H,1-3H3,(H,21,22)/b11-9+.